The largest absolute Gasteiger partial charge is 0.448 e. The fraction of sp³-hybridized carbons (Fsp3) is 0.364. The number of benzene rings is 2. The average molecular weight is 588 g/mol. The second-order valence-electron chi connectivity index (χ2n) is 11.9. The molecule has 2 aliphatic rings. The molecule has 6 rings (SSSR count). The molecule has 1 amide bonds. The van der Waals surface area contributed by atoms with Crippen molar-refractivity contribution in [3.8, 4) is 11.1 Å². The molecule has 0 radical (unpaired) electrons. The molecular formula is C33H34ClN3O3S. The van der Waals surface area contributed by atoms with Gasteiger partial charge in [-0.3, -0.25) is 9.69 Å². The zero-order valence-corrected chi connectivity index (χ0v) is 25.2. The van der Waals surface area contributed by atoms with E-state index in [4.69, 9.17) is 21.4 Å². The van der Waals surface area contributed by atoms with Crippen molar-refractivity contribution in [2.75, 3.05) is 13.2 Å². The molecular weight excluding hydrogens is 554 g/mol. The Morgan fingerprint density at radius 2 is 1.68 bits per heavy atom. The molecule has 1 aliphatic heterocycles. The van der Waals surface area contributed by atoms with Crippen LogP contribution in [0, 0.1) is 5.41 Å². The molecule has 2 aromatic heterocycles. The van der Waals surface area contributed by atoms with Gasteiger partial charge in [-0.15, -0.1) is 11.3 Å². The molecule has 8 heteroatoms. The minimum atomic E-state index is -0.591. The van der Waals surface area contributed by atoms with Crippen molar-refractivity contribution < 1.29 is 14.3 Å². The number of fused-ring (bicyclic) bond motifs is 3. The van der Waals surface area contributed by atoms with Gasteiger partial charge in [-0.1, -0.05) is 80.9 Å². The van der Waals surface area contributed by atoms with Crippen molar-refractivity contribution in [2.24, 2.45) is 5.41 Å². The smallest absolute Gasteiger partial charge is 0.410 e. The summed E-state index contributed by atoms with van der Waals surface area (Å²) in [5, 5.41) is 4.80. The van der Waals surface area contributed by atoms with Gasteiger partial charge in [0, 0.05) is 28.4 Å². The van der Waals surface area contributed by atoms with Crippen LogP contribution in [0.25, 0.3) is 11.1 Å². The van der Waals surface area contributed by atoms with Crippen LogP contribution in [0.4, 0.5) is 4.79 Å². The number of rotatable bonds is 6. The van der Waals surface area contributed by atoms with Gasteiger partial charge in [0.05, 0.1) is 16.1 Å². The highest BCUT2D eigenvalue weighted by Gasteiger charge is 2.36. The number of amides is 1. The van der Waals surface area contributed by atoms with Crippen LogP contribution in [0.2, 0.25) is 4.34 Å². The predicted octanol–water partition coefficient (Wildman–Crippen LogP) is 8.16. The van der Waals surface area contributed by atoms with E-state index in [2.05, 4.69) is 24.3 Å². The molecule has 1 aliphatic carbocycles. The monoisotopic (exact) mass is 587 g/mol. The SMILES string of the molecule is CC(C)(C)C(=O)n1nc(C2CCCN2C(=O)OCC2c3ccccc3-c3ccccc32)cc1CCc1ccc(Cl)s1. The van der Waals surface area contributed by atoms with Crippen molar-refractivity contribution in [2.45, 2.75) is 58.4 Å². The van der Waals surface area contributed by atoms with E-state index in [-0.39, 0.29) is 30.6 Å². The van der Waals surface area contributed by atoms with Crippen LogP contribution in [0.1, 0.15) is 77.8 Å². The molecule has 1 saturated heterocycles. The highest BCUT2D eigenvalue weighted by atomic mass is 35.5. The van der Waals surface area contributed by atoms with Gasteiger partial charge in [-0.05, 0) is 66.1 Å². The molecule has 1 atom stereocenters. The van der Waals surface area contributed by atoms with E-state index in [1.165, 1.54) is 22.3 Å². The lowest BCUT2D eigenvalue weighted by Crippen LogP contribution is -2.33. The van der Waals surface area contributed by atoms with E-state index < -0.39 is 5.41 Å². The number of ether oxygens (including phenoxy) is 1. The second-order valence-corrected chi connectivity index (χ2v) is 13.7. The van der Waals surface area contributed by atoms with Crippen LogP contribution < -0.4 is 0 Å². The molecule has 0 bridgehead atoms. The number of likely N-dealkylation sites (tertiary alicyclic amines) is 1. The first kappa shape index (κ1) is 27.7. The van der Waals surface area contributed by atoms with E-state index >= 15 is 0 Å². The van der Waals surface area contributed by atoms with Crippen LogP contribution >= 0.6 is 22.9 Å². The van der Waals surface area contributed by atoms with Crippen LogP contribution in [-0.2, 0) is 17.6 Å². The molecule has 0 spiro atoms. The molecule has 0 saturated carbocycles. The van der Waals surface area contributed by atoms with Crippen molar-refractivity contribution in [1.29, 1.82) is 0 Å². The summed E-state index contributed by atoms with van der Waals surface area (Å²) in [6, 6.07) is 22.4. The second kappa shape index (κ2) is 11.1. The number of carbonyl (C=O) groups is 2. The van der Waals surface area contributed by atoms with Crippen LogP contribution in [0.15, 0.2) is 66.7 Å². The van der Waals surface area contributed by atoms with E-state index in [0.29, 0.717) is 13.0 Å². The maximum absolute atomic E-state index is 13.5. The van der Waals surface area contributed by atoms with Crippen molar-refractivity contribution in [3.63, 3.8) is 0 Å². The van der Waals surface area contributed by atoms with Crippen molar-refractivity contribution >= 4 is 34.9 Å². The van der Waals surface area contributed by atoms with E-state index in [0.717, 1.165) is 39.9 Å². The molecule has 212 valence electrons. The Bertz CT molecular complexity index is 1560. The lowest BCUT2D eigenvalue weighted by atomic mass is 9.95. The highest BCUT2D eigenvalue weighted by molar-refractivity contribution is 7.16. The Balaban J connectivity index is 1.21. The third-order valence-corrected chi connectivity index (χ3v) is 9.35. The number of carbonyl (C=O) groups excluding carboxylic acids is 2. The summed E-state index contributed by atoms with van der Waals surface area (Å²) < 4.78 is 8.30. The quantitative estimate of drug-likeness (QED) is 0.228. The van der Waals surface area contributed by atoms with Crippen LogP contribution in [0.3, 0.4) is 0 Å². The normalized spacial score (nSPS) is 16.6. The Morgan fingerprint density at radius 3 is 2.32 bits per heavy atom. The fourth-order valence-corrected chi connectivity index (χ4v) is 7.07. The molecule has 2 aromatic carbocycles. The minimum absolute atomic E-state index is 0.00776. The van der Waals surface area contributed by atoms with Crippen LogP contribution in [-0.4, -0.2) is 39.8 Å². The van der Waals surface area contributed by atoms with Gasteiger partial charge < -0.3 is 4.74 Å². The summed E-state index contributed by atoms with van der Waals surface area (Å²) in [6.07, 6.45) is 2.73. The number of hydrogen-bond acceptors (Lipinski definition) is 5. The summed E-state index contributed by atoms with van der Waals surface area (Å²) in [4.78, 5) is 29.8. The molecule has 3 heterocycles. The van der Waals surface area contributed by atoms with E-state index in [9.17, 15) is 9.59 Å². The summed E-state index contributed by atoms with van der Waals surface area (Å²) in [6.45, 7) is 6.58. The van der Waals surface area contributed by atoms with Crippen molar-refractivity contribution in [3.05, 3.63) is 98.5 Å². The van der Waals surface area contributed by atoms with Gasteiger partial charge in [0.1, 0.15) is 6.61 Å². The minimum Gasteiger partial charge on any atom is -0.448 e. The number of aromatic nitrogens is 2. The number of nitrogens with zero attached hydrogens (tertiary/aromatic N) is 3. The topological polar surface area (TPSA) is 64.4 Å². The Kier molecular flexibility index (Phi) is 7.51. The van der Waals surface area contributed by atoms with Crippen LogP contribution in [0.5, 0.6) is 0 Å². The van der Waals surface area contributed by atoms with Crippen molar-refractivity contribution in [1.82, 2.24) is 14.7 Å². The number of aryl methyl sites for hydroxylation is 2. The van der Waals surface area contributed by atoms with Gasteiger partial charge in [-0.25, -0.2) is 9.48 Å². The van der Waals surface area contributed by atoms with Gasteiger partial charge in [0.2, 0.25) is 0 Å². The van der Waals surface area contributed by atoms with E-state index in [1.807, 2.05) is 63.2 Å². The zero-order valence-electron chi connectivity index (χ0n) is 23.6. The summed E-state index contributed by atoms with van der Waals surface area (Å²) in [7, 11) is 0. The first-order chi connectivity index (χ1) is 19.7. The molecule has 41 heavy (non-hydrogen) atoms. The third-order valence-electron chi connectivity index (χ3n) is 8.06. The van der Waals surface area contributed by atoms with Gasteiger partial charge in [-0.2, -0.15) is 5.10 Å². The predicted molar refractivity (Wildman–Crippen MR) is 163 cm³/mol. The fourth-order valence-electron chi connectivity index (χ4n) is 5.98. The van der Waals surface area contributed by atoms with Gasteiger partial charge >= 0.3 is 6.09 Å². The lowest BCUT2D eigenvalue weighted by molar-refractivity contribution is 0.0742. The summed E-state index contributed by atoms with van der Waals surface area (Å²) in [5.74, 6) is -0.0537. The maximum atomic E-state index is 13.5. The average Bonchev–Trinajstić information content (AvgIpc) is 3.75. The molecule has 1 fully saturated rings. The van der Waals surface area contributed by atoms with E-state index in [1.54, 1.807) is 20.9 Å². The molecule has 1 unspecified atom stereocenters. The Morgan fingerprint density at radius 1 is 1.00 bits per heavy atom. The zero-order chi connectivity index (χ0) is 28.7. The summed E-state index contributed by atoms with van der Waals surface area (Å²) in [5.41, 5.74) is 5.79. The van der Waals surface area contributed by atoms with Gasteiger partial charge in [0.15, 0.2) is 0 Å². The number of halogens is 1. The third kappa shape index (κ3) is 5.45. The summed E-state index contributed by atoms with van der Waals surface area (Å²) >= 11 is 7.69. The Hall–Kier alpha value is -3.42. The first-order valence-corrected chi connectivity index (χ1v) is 15.4. The molecule has 6 nitrogen and oxygen atoms in total. The molecule has 0 N–H and O–H groups in total. The molecule has 4 aromatic rings. The maximum Gasteiger partial charge on any atom is 0.410 e. The number of thiophene rings is 1. The lowest BCUT2D eigenvalue weighted by Gasteiger charge is -2.24. The number of hydrogen-bond donors (Lipinski definition) is 0. The standard InChI is InChI=1S/C33H34ClN3O3S/c1-33(2,3)31(38)37-21(14-15-22-16-17-30(34)41-22)19-28(35-37)29-13-8-18-36(29)32(39)40-20-27-25-11-6-4-9-23(25)24-10-5-7-12-26(24)27/h4-7,9-12,16-17,19,27,29H,8,13-15,18,20H2,1-3H3. The first-order valence-electron chi connectivity index (χ1n) is 14.2. The van der Waals surface area contributed by atoms with Gasteiger partial charge in [0.25, 0.3) is 5.91 Å². The Labute approximate surface area is 249 Å². The highest BCUT2D eigenvalue weighted by Crippen LogP contribution is 2.44.